The third kappa shape index (κ3) is 13.4. The Morgan fingerprint density at radius 3 is 1.49 bits per heavy atom. The Kier molecular flexibility index (Phi) is 13.6. The number of aromatic carboxylic acids is 1. The zero-order valence-corrected chi connectivity index (χ0v) is 21.5. The first-order chi connectivity index (χ1) is 17.5. The van der Waals surface area contributed by atoms with Crippen molar-refractivity contribution in [3.63, 3.8) is 0 Å². The fourth-order valence-corrected chi connectivity index (χ4v) is 2.33. The summed E-state index contributed by atoms with van der Waals surface area (Å²) in [6, 6.07) is 18.7. The van der Waals surface area contributed by atoms with E-state index >= 15 is 0 Å². The van der Waals surface area contributed by atoms with Gasteiger partial charge in [0.15, 0.2) is 0 Å². The summed E-state index contributed by atoms with van der Waals surface area (Å²) in [4.78, 5) is 46.0. The van der Waals surface area contributed by atoms with Gasteiger partial charge in [-0.1, -0.05) is 35.4 Å². The lowest BCUT2D eigenvalue weighted by molar-refractivity contribution is -0.127. The number of aromatic nitrogens is 2. The summed E-state index contributed by atoms with van der Waals surface area (Å²) in [6.07, 6.45) is 6.40. The van der Waals surface area contributed by atoms with E-state index in [2.05, 4.69) is 38.5 Å². The zero-order valence-electron chi connectivity index (χ0n) is 20.0. The van der Waals surface area contributed by atoms with E-state index in [9.17, 15) is 19.2 Å². The normalized spacial score (nSPS) is 9.19. The van der Waals surface area contributed by atoms with Crippen LogP contribution in [0.1, 0.15) is 31.8 Å². The number of rotatable bonds is 4. The molecule has 2 heterocycles. The van der Waals surface area contributed by atoms with E-state index in [1.807, 2.05) is 62.4 Å². The number of hydrogen-bond donors (Lipinski definition) is 5. The molecule has 0 atom stereocenters. The highest BCUT2D eigenvalue weighted by molar-refractivity contribution is 6.97. The van der Waals surface area contributed by atoms with Gasteiger partial charge in [-0.15, -0.1) is 0 Å². The van der Waals surface area contributed by atoms with Crippen molar-refractivity contribution >= 4 is 56.9 Å². The molecule has 0 aliphatic carbocycles. The number of carboxylic acids is 1. The van der Waals surface area contributed by atoms with Crippen LogP contribution < -0.4 is 11.1 Å². The highest BCUT2D eigenvalue weighted by Gasteiger charge is 2.05. The number of H-pyrrole nitrogens is 2. The van der Waals surface area contributed by atoms with Gasteiger partial charge in [-0.25, -0.2) is 4.79 Å². The van der Waals surface area contributed by atoms with Crippen molar-refractivity contribution in [2.24, 2.45) is 0 Å². The third-order valence-corrected chi connectivity index (χ3v) is 4.69. The average Bonchev–Trinajstić information content (AvgIpc) is 3.59. The van der Waals surface area contributed by atoms with Gasteiger partial charge in [-0.2, -0.15) is 0 Å². The zero-order chi connectivity index (χ0) is 27.8. The molecule has 0 saturated heterocycles. The minimum atomic E-state index is -1.14. The molecule has 0 radical (unpaired) electrons. The number of benzene rings is 2. The largest absolute Gasteiger partial charge is 0.478 e. The smallest absolute Gasteiger partial charge is 0.337 e. The number of nitrogens with two attached hydrogens (primary N) is 1. The minimum absolute atomic E-state index is 0.0971. The standard InChI is InChI=1S/C12H12N2O.C7H9N.C5H5NO2.C2Cl2O2/c1-9-2-4-11(5-3-9)14-12(15)10-6-7-13-8-10;1-6-2-4-7(8)5-3-6;7-5(8)4-1-2-6-3-4;3-1(5)2(4)6/h2-8,13H,1H3,(H,14,15);2-5H,8H2,1H3;1-3,6H,(H,7,8);. The summed E-state index contributed by atoms with van der Waals surface area (Å²) in [5, 5.41) is 8.78. The van der Waals surface area contributed by atoms with Crippen molar-refractivity contribution in [1.82, 2.24) is 9.97 Å². The second kappa shape index (κ2) is 16.4. The molecule has 0 aliphatic heterocycles. The molecule has 0 unspecified atom stereocenters. The highest BCUT2D eigenvalue weighted by Crippen LogP contribution is 2.10. The Hall–Kier alpha value is -4.34. The lowest BCUT2D eigenvalue weighted by Crippen LogP contribution is -2.10. The summed E-state index contributed by atoms with van der Waals surface area (Å²) in [5.41, 5.74) is 10.4. The number of hydrogen-bond acceptors (Lipinski definition) is 5. The first-order valence-electron chi connectivity index (χ1n) is 10.6. The number of anilines is 2. The fourth-order valence-electron chi connectivity index (χ4n) is 2.33. The Morgan fingerprint density at radius 1 is 0.730 bits per heavy atom. The molecule has 0 spiro atoms. The van der Waals surface area contributed by atoms with Crippen molar-refractivity contribution in [2.75, 3.05) is 11.1 Å². The molecule has 2 aromatic heterocycles. The van der Waals surface area contributed by atoms with E-state index in [0.717, 1.165) is 11.4 Å². The van der Waals surface area contributed by atoms with Crippen molar-refractivity contribution < 1.29 is 24.3 Å². The quantitative estimate of drug-likeness (QED) is 0.132. The maximum Gasteiger partial charge on any atom is 0.337 e. The Balaban J connectivity index is 0.000000266. The van der Waals surface area contributed by atoms with Crippen molar-refractivity contribution in [1.29, 1.82) is 0 Å². The summed E-state index contributed by atoms with van der Waals surface area (Å²) in [5.74, 6) is -0.994. The number of amides is 1. The molecule has 11 heteroatoms. The van der Waals surface area contributed by atoms with E-state index in [0.29, 0.717) is 11.1 Å². The first kappa shape index (κ1) is 30.7. The third-order valence-electron chi connectivity index (χ3n) is 4.25. The van der Waals surface area contributed by atoms with Crippen LogP contribution in [0.2, 0.25) is 0 Å². The second-order valence-electron chi connectivity index (χ2n) is 7.28. The number of aromatic amines is 2. The fraction of sp³-hybridized carbons (Fsp3) is 0.0769. The van der Waals surface area contributed by atoms with Crippen molar-refractivity contribution in [2.45, 2.75) is 13.8 Å². The number of aryl methyl sites for hydroxylation is 2. The molecule has 9 nitrogen and oxygen atoms in total. The number of halogens is 2. The molecule has 0 saturated carbocycles. The SMILES string of the molecule is Cc1ccc(N)cc1.Cc1ccc(NC(=O)c2cc[nH]c2)cc1.O=C(Cl)C(=O)Cl.O=C(O)c1cc[nH]c1. The van der Waals surface area contributed by atoms with Gasteiger partial charge < -0.3 is 26.1 Å². The Labute approximate surface area is 223 Å². The minimum Gasteiger partial charge on any atom is -0.478 e. The van der Waals surface area contributed by atoms with E-state index in [4.69, 9.17) is 10.8 Å². The molecule has 4 aromatic rings. The number of carboxylic acid groups (broad SMARTS) is 1. The summed E-state index contributed by atoms with van der Waals surface area (Å²) < 4.78 is 0. The van der Waals surface area contributed by atoms with Gasteiger partial charge in [0, 0.05) is 36.2 Å². The molecule has 0 aliphatic rings. The van der Waals surface area contributed by atoms with Crippen molar-refractivity contribution in [3.05, 3.63) is 108 Å². The van der Waals surface area contributed by atoms with Gasteiger partial charge in [0.25, 0.3) is 5.91 Å². The van der Waals surface area contributed by atoms with Gasteiger partial charge in [-0.3, -0.25) is 14.4 Å². The van der Waals surface area contributed by atoms with Crippen LogP contribution in [0.4, 0.5) is 11.4 Å². The maximum absolute atomic E-state index is 11.6. The van der Waals surface area contributed by atoms with Gasteiger partial charge >= 0.3 is 16.5 Å². The highest BCUT2D eigenvalue weighted by atomic mass is 35.5. The van der Waals surface area contributed by atoms with E-state index in [1.165, 1.54) is 23.4 Å². The molecule has 4 rings (SSSR count). The molecule has 0 bridgehead atoms. The van der Waals surface area contributed by atoms with Crippen LogP contribution in [0.15, 0.2) is 85.5 Å². The first-order valence-corrected chi connectivity index (χ1v) is 11.3. The lowest BCUT2D eigenvalue weighted by atomic mass is 10.2. The number of nitrogen functional groups attached to an aromatic ring is 1. The predicted molar refractivity (Wildman–Crippen MR) is 145 cm³/mol. The molecular weight excluding hydrogens is 519 g/mol. The van der Waals surface area contributed by atoms with Crippen LogP contribution in [0, 0.1) is 13.8 Å². The van der Waals surface area contributed by atoms with Gasteiger partial charge in [0.2, 0.25) is 0 Å². The summed E-state index contributed by atoms with van der Waals surface area (Å²) in [6.45, 7) is 4.05. The van der Waals surface area contributed by atoms with Crippen LogP contribution in [-0.4, -0.2) is 37.4 Å². The monoisotopic (exact) mass is 544 g/mol. The Bertz CT molecular complexity index is 1220. The second-order valence-corrected chi connectivity index (χ2v) is 7.97. The molecule has 194 valence electrons. The molecular formula is C26H26Cl2N4O5. The van der Waals surface area contributed by atoms with Crippen LogP contribution in [0.3, 0.4) is 0 Å². The summed E-state index contributed by atoms with van der Waals surface area (Å²) >= 11 is 8.98. The van der Waals surface area contributed by atoms with Gasteiger partial charge in [-0.05, 0) is 73.4 Å². The maximum atomic E-state index is 11.6. The molecule has 6 N–H and O–H groups in total. The van der Waals surface area contributed by atoms with Crippen molar-refractivity contribution in [3.8, 4) is 0 Å². The van der Waals surface area contributed by atoms with E-state index < -0.39 is 16.5 Å². The van der Waals surface area contributed by atoms with Gasteiger partial charge in [0.05, 0.1) is 11.1 Å². The predicted octanol–water partition coefficient (Wildman–Crippen LogP) is 5.38. The van der Waals surface area contributed by atoms with Crippen LogP contribution >= 0.6 is 23.2 Å². The Morgan fingerprint density at radius 2 is 1.16 bits per heavy atom. The molecule has 1 amide bonds. The van der Waals surface area contributed by atoms with Crippen LogP contribution in [-0.2, 0) is 9.59 Å². The molecule has 2 aromatic carbocycles. The molecule has 0 fully saturated rings. The summed E-state index contributed by atoms with van der Waals surface area (Å²) in [7, 11) is 0. The number of carbonyl (C=O) groups excluding carboxylic acids is 3. The van der Waals surface area contributed by atoms with Gasteiger partial charge in [0.1, 0.15) is 0 Å². The topological polar surface area (TPSA) is 158 Å². The van der Waals surface area contributed by atoms with E-state index in [-0.39, 0.29) is 5.91 Å². The van der Waals surface area contributed by atoms with Crippen LogP contribution in [0.5, 0.6) is 0 Å². The lowest BCUT2D eigenvalue weighted by Gasteiger charge is -2.03. The number of nitrogens with one attached hydrogen (secondary N) is 3. The average molecular weight is 545 g/mol. The molecule has 37 heavy (non-hydrogen) atoms. The van der Waals surface area contributed by atoms with Crippen LogP contribution in [0.25, 0.3) is 0 Å². The number of carbonyl (C=O) groups is 4. The van der Waals surface area contributed by atoms with E-state index in [1.54, 1.807) is 24.7 Å².